The van der Waals surface area contributed by atoms with E-state index in [1.807, 2.05) is 36.1 Å². The van der Waals surface area contributed by atoms with Crippen LogP contribution in [0.2, 0.25) is 0 Å². The van der Waals surface area contributed by atoms with Crippen LogP contribution in [0, 0.1) is 6.92 Å². The predicted octanol–water partition coefficient (Wildman–Crippen LogP) is 4.80. The molecule has 1 atom stereocenters. The van der Waals surface area contributed by atoms with E-state index < -0.39 is 16.3 Å². The number of nitrogens with one attached hydrogen (secondary N) is 1. The Bertz CT molecular complexity index is 1310. The van der Waals surface area contributed by atoms with E-state index in [9.17, 15) is 13.5 Å². The molecule has 1 saturated heterocycles. The van der Waals surface area contributed by atoms with Crippen molar-refractivity contribution in [1.82, 2.24) is 4.90 Å². The fourth-order valence-electron chi connectivity index (χ4n) is 4.53. The van der Waals surface area contributed by atoms with Crippen LogP contribution in [0.3, 0.4) is 0 Å². The summed E-state index contributed by atoms with van der Waals surface area (Å²) in [4.78, 5) is 4.31. The van der Waals surface area contributed by atoms with E-state index in [0.717, 1.165) is 29.8 Å². The quantitative estimate of drug-likeness (QED) is 0.338. The molecule has 38 heavy (non-hydrogen) atoms. The molecular weight excluding hydrogens is 502 g/mol. The summed E-state index contributed by atoms with van der Waals surface area (Å²) in [5, 5.41) is 11.2. The molecule has 4 rings (SSSR count). The summed E-state index contributed by atoms with van der Waals surface area (Å²) in [6, 6.07) is 19.6. The van der Waals surface area contributed by atoms with Gasteiger partial charge in [-0.1, -0.05) is 31.5 Å². The smallest absolute Gasteiger partial charge is 0.261 e. The second-order valence-electron chi connectivity index (χ2n) is 9.42. The van der Waals surface area contributed by atoms with Crippen molar-refractivity contribution in [1.29, 1.82) is 0 Å². The average Bonchev–Trinajstić information content (AvgIpc) is 2.94. The van der Waals surface area contributed by atoms with E-state index >= 15 is 0 Å². The third kappa shape index (κ3) is 6.59. The second kappa shape index (κ2) is 12.5. The molecule has 0 bridgehead atoms. The maximum absolute atomic E-state index is 13.2. The number of rotatable bonds is 11. The fourth-order valence-corrected chi connectivity index (χ4v) is 5.62. The third-order valence-corrected chi connectivity index (χ3v) is 8.18. The van der Waals surface area contributed by atoms with Crippen molar-refractivity contribution in [2.24, 2.45) is 0 Å². The van der Waals surface area contributed by atoms with Crippen LogP contribution in [0.15, 0.2) is 71.6 Å². The summed E-state index contributed by atoms with van der Waals surface area (Å²) in [6.07, 6.45) is 1.10. The number of unbranched alkanes of at least 4 members (excludes halogenated alkanes) is 1. The molecule has 0 saturated carbocycles. The molecule has 3 aromatic carbocycles. The molecule has 1 aliphatic rings. The summed E-state index contributed by atoms with van der Waals surface area (Å²) in [6.45, 7) is 7.29. The van der Waals surface area contributed by atoms with Crippen LogP contribution < -0.4 is 19.1 Å². The van der Waals surface area contributed by atoms with Gasteiger partial charge in [0, 0.05) is 31.9 Å². The Kier molecular flexibility index (Phi) is 9.14. The van der Waals surface area contributed by atoms with Gasteiger partial charge in [-0.05, 0) is 73.0 Å². The van der Waals surface area contributed by atoms with Gasteiger partial charge in [0.2, 0.25) is 0 Å². The zero-order valence-corrected chi connectivity index (χ0v) is 23.1. The first-order chi connectivity index (χ1) is 18.3. The lowest BCUT2D eigenvalue weighted by Crippen LogP contribution is -2.47. The number of hydrogen-bond acceptors (Lipinski definition) is 7. The zero-order chi connectivity index (χ0) is 27.1. The highest BCUT2D eigenvalue weighted by Crippen LogP contribution is 2.31. The number of hydrogen-bond donors (Lipinski definition) is 2. The molecule has 8 nitrogen and oxygen atoms in total. The van der Waals surface area contributed by atoms with E-state index in [-0.39, 0.29) is 4.90 Å². The van der Waals surface area contributed by atoms with Crippen molar-refractivity contribution in [2.45, 2.75) is 37.8 Å². The molecular formula is C29H37N3O5S. The van der Waals surface area contributed by atoms with Crippen LogP contribution in [-0.4, -0.2) is 58.3 Å². The molecule has 1 aliphatic heterocycles. The van der Waals surface area contributed by atoms with Gasteiger partial charge in [-0.3, -0.25) is 9.62 Å². The summed E-state index contributed by atoms with van der Waals surface area (Å²) >= 11 is 0. The predicted molar refractivity (Wildman–Crippen MR) is 151 cm³/mol. The van der Waals surface area contributed by atoms with E-state index in [4.69, 9.17) is 9.47 Å². The summed E-state index contributed by atoms with van der Waals surface area (Å²) in [5.74, 6) is 1.52. The van der Waals surface area contributed by atoms with Gasteiger partial charge >= 0.3 is 0 Å². The number of benzene rings is 3. The maximum Gasteiger partial charge on any atom is 0.261 e. The minimum atomic E-state index is -3.85. The van der Waals surface area contributed by atoms with E-state index in [1.54, 1.807) is 49.6 Å². The first kappa shape index (κ1) is 27.8. The van der Waals surface area contributed by atoms with Crippen molar-refractivity contribution >= 4 is 21.4 Å². The average molecular weight is 540 g/mol. The molecule has 9 heteroatoms. The topological polar surface area (TPSA) is 91.3 Å². The summed E-state index contributed by atoms with van der Waals surface area (Å²) in [7, 11) is -2.18. The van der Waals surface area contributed by atoms with Gasteiger partial charge in [0.05, 0.1) is 24.3 Å². The SMILES string of the molecule is CCCCOc1ccc(NS(=O)(=O)c2ccc(C)c(C(O)N3CCN(c4ccccc4OC)CC3)c2)cc1. The number of piperazine rings is 1. The number of para-hydroxylation sites is 2. The first-order valence-electron chi connectivity index (χ1n) is 13.0. The van der Waals surface area contributed by atoms with Gasteiger partial charge < -0.3 is 19.5 Å². The van der Waals surface area contributed by atoms with Gasteiger partial charge in [0.15, 0.2) is 0 Å². The van der Waals surface area contributed by atoms with Gasteiger partial charge in [-0.15, -0.1) is 0 Å². The molecule has 0 aromatic heterocycles. The highest BCUT2D eigenvalue weighted by Gasteiger charge is 2.27. The highest BCUT2D eigenvalue weighted by molar-refractivity contribution is 7.92. The number of nitrogens with zero attached hydrogens (tertiary/aromatic N) is 2. The molecule has 1 heterocycles. The van der Waals surface area contributed by atoms with E-state index in [1.165, 1.54) is 0 Å². The van der Waals surface area contributed by atoms with Gasteiger partial charge in [-0.2, -0.15) is 0 Å². The van der Waals surface area contributed by atoms with Crippen LogP contribution in [0.1, 0.15) is 37.1 Å². The molecule has 0 aliphatic carbocycles. The van der Waals surface area contributed by atoms with Crippen LogP contribution >= 0.6 is 0 Å². The molecule has 0 amide bonds. The minimum absolute atomic E-state index is 0.105. The second-order valence-corrected chi connectivity index (χ2v) is 11.1. The van der Waals surface area contributed by atoms with Crippen molar-refractivity contribution in [3.63, 3.8) is 0 Å². The first-order valence-corrected chi connectivity index (χ1v) is 14.5. The van der Waals surface area contributed by atoms with Gasteiger partial charge in [-0.25, -0.2) is 8.42 Å². The molecule has 1 unspecified atom stereocenters. The molecule has 0 spiro atoms. The Morgan fingerprint density at radius 2 is 1.71 bits per heavy atom. The lowest BCUT2D eigenvalue weighted by atomic mass is 10.1. The lowest BCUT2D eigenvalue weighted by molar-refractivity contribution is -0.00223. The van der Waals surface area contributed by atoms with Gasteiger partial charge in [0.25, 0.3) is 10.0 Å². The monoisotopic (exact) mass is 539 g/mol. The number of sulfonamides is 1. The number of ether oxygens (including phenoxy) is 2. The van der Waals surface area contributed by atoms with Crippen molar-refractivity contribution < 1.29 is 23.0 Å². The van der Waals surface area contributed by atoms with Crippen LogP contribution in [-0.2, 0) is 10.0 Å². The Balaban J connectivity index is 1.43. The number of methoxy groups -OCH3 is 1. The number of aliphatic hydroxyl groups is 1. The van der Waals surface area contributed by atoms with Crippen molar-refractivity contribution in [3.05, 3.63) is 77.9 Å². The highest BCUT2D eigenvalue weighted by atomic mass is 32.2. The van der Waals surface area contributed by atoms with Crippen LogP contribution in [0.4, 0.5) is 11.4 Å². The van der Waals surface area contributed by atoms with E-state index in [0.29, 0.717) is 49.8 Å². The molecule has 3 aromatic rings. The Morgan fingerprint density at radius 3 is 2.39 bits per heavy atom. The van der Waals surface area contributed by atoms with Crippen LogP contribution in [0.5, 0.6) is 11.5 Å². The molecule has 2 N–H and O–H groups in total. The largest absolute Gasteiger partial charge is 0.495 e. The summed E-state index contributed by atoms with van der Waals surface area (Å²) in [5.41, 5.74) is 2.89. The number of anilines is 2. The number of aryl methyl sites for hydroxylation is 1. The summed E-state index contributed by atoms with van der Waals surface area (Å²) < 4.78 is 40.1. The number of aliphatic hydroxyl groups excluding tert-OH is 1. The zero-order valence-electron chi connectivity index (χ0n) is 22.3. The van der Waals surface area contributed by atoms with Crippen molar-refractivity contribution in [3.8, 4) is 11.5 Å². The maximum atomic E-state index is 13.2. The molecule has 0 radical (unpaired) electrons. The lowest BCUT2D eigenvalue weighted by Gasteiger charge is -2.39. The standard InChI is InChI=1S/C29H37N3O5S/c1-4-5-20-37-24-13-11-23(12-14-24)30-38(34,35)25-15-10-22(2)26(21-25)29(33)32-18-16-31(17-19-32)27-8-6-7-9-28(27)36-3/h6-15,21,29-30,33H,4-5,16-20H2,1-3H3. The molecule has 204 valence electrons. The van der Waals surface area contributed by atoms with Crippen molar-refractivity contribution in [2.75, 3.05) is 49.5 Å². The van der Waals surface area contributed by atoms with E-state index in [2.05, 4.69) is 16.5 Å². The molecule has 1 fully saturated rings. The van der Waals surface area contributed by atoms with Crippen LogP contribution in [0.25, 0.3) is 0 Å². The third-order valence-electron chi connectivity index (χ3n) is 6.80. The fraction of sp³-hybridized carbons (Fsp3) is 0.379. The Morgan fingerprint density at radius 1 is 1.00 bits per heavy atom. The Labute approximate surface area is 225 Å². The normalized spacial score (nSPS) is 15.2. The van der Waals surface area contributed by atoms with Gasteiger partial charge in [0.1, 0.15) is 17.7 Å². The Hall–Kier alpha value is -3.27. The minimum Gasteiger partial charge on any atom is -0.495 e.